The lowest BCUT2D eigenvalue weighted by atomic mass is 9.92. The van der Waals surface area contributed by atoms with E-state index in [1.165, 1.54) is 63.6 Å². The molecule has 0 N–H and O–H groups in total. The first-order valence-corrected chi connectivity index (χ1v) is 16.7. The fourth-order valence-electron chi connectivity index (χ4n) is 7.18. The zero-order chi connectivity index (χ0) is 30.9. The van der Waals surface area contributed by atoms with Gasteiger partial charge in [0.2, 0.25) is 0 Å². The minimum Gasteiger partial charge on any atom is -0.254 e. The Morgan fingerprint density at radius 1 is 0.426 bits per heavy atom. The van der Waals surface area contributed by atoms with Gasteiger partial charge in [0, 0.05) is 37.1 Å². The van der Waals surface area contributed by atoms with Crippen LogP contribution in [0.1, 0.15) is 11.3 Å². The number of hydrogen-bond donors (Lipinski definition) is 0. The van der Waals surface area contributed by atoms with Gasteiger partial charge in [0.25, 0.3) is 0 Å². The molecule has 0 bridgehead atoms. The van der Waals surface area contributed by atoms with Gasteiger partial charge in [-0.05, 0) is 85.4 Å². The van der Waals surface area contributed by atoms with E-state index in [4.69, 9.17) is 4.98 Å². The monoisotopic (exact) mass is 614 g/mol. The predicted octanol–water partition coefficient (Wildman–Crippen LogP) is 12.4. The number of benzene rings is 7. The van der Waals surface area contributed by atoms with Crippen molar-refractivity contribution in [3.63, 3.8) is 0 Å². The minimum absolute atomic E-state index is 0.924. The van der Waals surface area contributed by atoms with Crippen molar-refractivity contribution in [1.29, 1.82) is 0 Å². The Labute approximate surface area is 274 Å². The summed E-state index contributed by atoms with van der Waals surface area (Å²) in [6, 6.07) is 50.7. The summed E-state index contributed by atoms with van der Waals surface area (Å²) in [7, 11) is 0. The van der Waals surface area contributed by atoms with Gasteiger partial charge in [-0.1, -0.05) is 115 Å². The van der Waals surface area contributed by atoms with E-state index in [-0.39, 0.29) is 0 Å². The number of pyridine rings is 2. The molecular formula is C44H26N2S. The van der Waals surface area contributed by atoms with Crippen LogP contribution in [0.15, 0.2) is 146 Å². The molecule has 0 unspecified atom stereocenters. The fraction of sp³-hybridized carbons (Fsp3) is 0. The van der Waals surface area contributed by atoms with Crippen LogP contribution < -0.4 is 0 Å². The second kappa shape index (κ2) is 10.3. The number of thiophene rings is 1. The summed E-state index contributed by atoms with van der Waals surface area (Å²) < 4.78 is 2.59. The van der Waals surface area contributed by atoms with Crippen molar-refractivity contribution in [3.05, 3.63) is 157 Å². The molecule has 7 aromatic carbocycles. The first-order valence-electron chi connectivity index (χ1n) is 15.9. The van der Waals surface area contributed by atoms with Crippen molar-refractivity contribution in [3.8, 4) is 11.1 Å². The maximum absolute atomic E-state index is 4.96. The molecule has 0 aliphatic rings. The van der Waals surface area contributed by atoms with E-state index in [0.29, 0.717) is 0 Å². The lowest BCUT2D eigenvalue weighted by Gasteiger charge is -2.12. The van der Waals surface area contributed by atoms with E-state index >= 15 is 0 Å². The molecular weight excluding hydrogens is 589 g/mol. The van der Waals surface area contributed by atoms with Crippen LogP contribution in [0.4, 0.5) is 0 Å². The van der Waals surface area contributed by atoms with Gasteiger partial charge in [-0.3, -0.25) is 4.98 Å². The molecule has 0 amide bonds. The maximum Gasteiger partial charge on any atom is 0.0971 e. The Kier molecular flexibility index (Phi) is 5.78. The molecule has 0 aliphatic carbocycles. The molecule has 2 nitrogen and oxygen atoms in total. The Balaban J connectivity index is 1.03. The quantitative estimate of drug-likeness (QED) is 0.185. The van der Waals surface area contributed by atoms with E-state index in [2.05, 4.69) is 151 Å². The van der Waals surface area contributed by atoms with Crippen LogP contribution in [0.25, 0.3) is 97.6 Å². The highest BCUT2D eigenvalue weighted by Crippen LogP contribution is 2.40. The summed E-state index contributed by atoms with van der Waals surface area (Å²) in [5.41, 5.74) is 6.45. The van der Waals surface area contributed by atoms with Crippen LogP contribution >= 0.6 is 11.3 Å². The molecule has 0 radical (unpaired) electrons. The van der Waals surface area contributed by atoms with Gasteiger partial charge in [-0.2, -0.15) is 0 Å². The highest BCUT2D eigenvalue weighted by molar-refractivity contribution is 7.25. The first kappa shape index (κ1) is 26.3. The SMILES string of the molecule is C(=C\c1ccc2ccc3cccnc3c2n1)/c1ccc2c(c1)sc1cc(-c3ccc4c5ccccc5c5ccccc5c4c3)ccc12. The van der Waals surface area contributed by atoms with E-state index in [0.717, 1.165) is 33.1 Å². The van der Waals surface area contributed by atoms with Crippen LogP contribution in [0.3, 0.4) is 0 Å². The van der Waals surface area contributed by atoms with Crippen LogP contribution in [0.5, 0.6) is 0 Å². The number of hydrogen-bond acceptors (Lipinski definition) is 3. The van der Waals surface area contributed by atoms with Gasteiger partial charge < -0.3 is 0 Å². The van der Waals surface area contributed by atoms with Crippen molar-refractivity contribution in [1.82, 2.24) is 9.97 Å². The van der Waals surface area contributed by atoms with Crippen molar-refractivity contribution in [2.24, 2.45) is 0 Å². The van der Waals surface area contributed by atoms with Crippen LogP contribution in [-0.2, 0) is 0 Å². The highest BCUT2D eigenvalue weighted by Gasteiger charge is 2.12. The standard InChI is InChI=1S/C44H26N2S/c1-2-9-35-33(7-1)34-8-3-4-10-36(34)40-25-30(16-21-37(35)40)31-17-22-39-38-20-12-27(24-41(38)47-42(39)26-31)11-18-32-19-15-29-14-13-28-6-5-23-45-43(28)44(29)46-32/h1-26H/b18-11+. The third-order valence-electron chi connectivity index (χ3n) is 9.48. The van der Waals surface area contributed by atoms with Crippen molar-refractivity contribution in [2.45, 2.75) is 0 Å². The topological polar surface area (TPSA) is 25.8 Å². The molecule has 10 aromatic rings. The van der Waals surface area contributed by atoms with Crippen molar-refractivity contribution in [2.75, 3.05) is 0 Å². The molecule has 47 heavy (non-hydrogen) atoms. The third kappa shape index (κ3) is 4.25. The first-order chi connectivity index (χ1) is 23.3. The zero-order valence-corrected chi connectivity index (χ0v) is 26.1. The molecule has 0 aliphatic heterocycles. The van der Waals surface area contributed by atoms with E-state index in [1.54, 1.807) is 0 Å². The molecule has 3 heterocycles. The highest BCUT2D eigenvalue weighted by atomic mass is 32.1. The van der Waals surface area contributed by atoms with E-state index in [9.17, 15) is 0 Å². The lowest BCUT2D eigenvalue weighted by Crippen LogP contribution is -1.87. The normalized spacial score (nSPS) is 12.2. The molecule has 0 saturated heterocycles. The molecule has 3 heteroatoms. The average molecular weight is 615 g/mol. The van der Waals surface area contributed by atoms with Gasteiger partial charge in [0.1, 0.15) is 0 Å². The maximum atomic E-state index is 4.96. The van der Waals surface area contributed by atoms with Gasteiger partial charge in [0.15, 0.2) is 0 Å². The summed E-state index contributed by atoms with van der Waals surface area (Å²) >= 11 is 1.86. The van der Waals surface area contributed by atoms with Crippen molar-refractivity contribution >= 4 is 97.8 Å². The largest absolute Gasteiger partial charge is 0.254 e. The van der Waals surface area contributed by atoms with Gasteiger partial charge >= 0.3 is 0 Å². The zero-order valence-electron chi connectivity index (χ0n) is 25.3. The summed E-state index contributed by atoms with van der Waals surface area (Å²) in [5.74, 6) is 0. The molecule has 0 spiro atoms. The number of fused-ring (bicyclic) bond motifs is 12. The lowest BCUT2D eigenvalue weighted by molar-refractivity contribution is 1.35. The van der Waals surface area contributed by atoms with Crippen LogP contribution in [0, 0.1) is 0 Å². The van der Waals surface area contributed by atoms with Gasteiger partial charge in [-0.15, -0.1) is 11.3 Å². The van der Waals surface area contributed by atoms with Crippen molar-refractivity contribution < 1.29 is 0 Å². The Morgan fingerprint density at radius 2 is 1.02 bits per heavy atom. The Hall–Kier alpha value is -5.90. The molecule has 0 saturated carbocycles. The van der Waals surface area contributed by atoms with E-state index < -0.39 is 0 Å². The summed E-state index contributed by atoms with van der Waals surface area (Å²) in [5, 5.41) is 12.6. The van der Waals surface area contributed by atoms with E-state index in [1.807, 2.05) is 23.6 Å². The predicted molar refractivity (Wildman–Crippen MR) is 203 cm³/mol. The molecule has 10 rings (SSSR count). The average Bonchev–Trinajstić information content (AvgIpc) is 3.51. The number of nitrogens with zero attached hydrogens (tertiary/aromatic N) is 2. The summed E-state index contributed by atoms with van der Waals surface area (Å²) in [6.07, 6.45) is 6.09. The summed E-state index contributed by atoms with van der Waals surface area (Å²) in [6.45, 7) is 0. The number of aromatic nitrogens is 2. The second-order valence-corrected chi connectivity index (χ2v) is 13.3. The number of rotatable bonds is 3. The molecule has 0 atom stereocenters. The molecule has 0 fully saturated rings. The van der Waals surface area contributed by atoms with Crippen LogP contribution in [-0.4, -0.2) is 9.97 Å². The molecule has 3 aromatic heterocycles. The third-order valence-corrected chi connectivity index (χ3v) is 10.6. The fourth-order valence-corrected chi connectivity index (χ4v) is 8.37. The van der Waals surface area contributed by atoms with Crippen LogP contribution in [0.2, 0.25) is 0 Å². The Morgan fingerprint density at radius 3 is 1.79 bits per heavy atom. The Bertz CT molecular complexity index is 2880. The second-order valence-electron chi connectivity index (χ2n) is 12.2. The molecule has 218 valence electrons. The van der Waals surface area contributed by atoms with Gasteiger partial charge in [0.05, 0.1) is 16.7 Å². The minimum atomic E-state index is 0.924. The summed E-state index contributed by atoms with van der Waals surface area (Å²) in [4.78, 5) is 9.56. The smallest absolute Gasteiger partial charge is 0.0971 e. The van der Waals surface area contributed by atoms with Gasteiger partial charge in [-0.25, -0.2) is 4.98 Å².